The highest BCUT2D eigenvalue weighted by Crippen LogP contribution is 2.46. The topological polar surface area (TPSA) is 156 Å². The van der Waals surface area contributed by atoms with Crippen molar-refractivity contribution in [3.63, 3.8) is 0 Å². The Morgan fingerprint density at radius 1 is 1.10 bits per heavy atom. The van der Waals surface area contributed by atoms with Crippen molar-refractivity contribution in [2.45, 2.75) is 125 Å². The second kappa shape index (κ2) is 15.9. The fraction of sp³-hybridized carbons (Fsp3) is 0.615. The van der Waals surface area contributed by atoms with Crippen LogP contribution in [0.25, 0.3) is 10.9 Å². The highest BCUT2D eigenvalue weighted by molar-refractivity contribution is 7.99. The van der Waals surface area contributed by atoms with Crippen LogP contribution in [0.5, 0.6) is 11.6 Å². The number of para-hydroxylation sites is 1. The summed E-state index contributed by atoms with van der Waals surface area (Å²) < 4.78 is 18.2. The number of rotatable bonds is 10. The number of carbonyl (C=O) groups excluding carboxylic acids is 3. The van der Waals surface area contributed by atoms with Crippen LogP contribution in [0, 0.1) is 11.8 Å². The molecule has 5 aliphatic rings. The van der Waals surface area contributed by atoms with Gasteiger partial charge in [-0.1, -0.05) is 24.6 Å². The summed E-state index contributed by atoms with van der Waals surface area (Å²) in [5.74, 6) is 0.483. The number of ether oxygens (including phenoxy) is 3. The molecule has 2 aliphatic heterocycles. The Balaban J connectivity index is 1.14. The Morgan fingerprint density at radius 3 is 2.67 bits per heavy atom. The van der Waals surface area contributed by atoms with Crippen LogP contribution in [0.1, 0.15) is 90.4 Å². The number of allylic oxidation sites excluding steroid dienone is 1. The second-order valence-electron chi connectivity index (χ2n) is 15.0. The van der Waals surface area contributed by atoms with E-state index in [0.29, 0.717) is 31.1 Å². The Bertz CT molecular complexity index is 1690. The zero-order valence-electron chi connectivity index (χ0n) is 29.8. The highest BCUT2D eigenvalue weighted by Gasteiger charge is 2.61. The molecular weight excluding hydrogens is 685 g/mol. The number of carboxylic acid groups (broad SMARTS) is 1. The van der Waals surface area contributed by atoms with E-state index < -0.39 is 41.7 Å². The molecule has 0 unspecified atom stereocenters. The van der Waals surface area contributed by atoms with E-state index >= 15 is 0 Å². The van der Waals surface area contributed by atoms with Crippen molar-refractivity contribution in [1.82, 2.24) is 20.5 Å². The lowest BCUT2D eigenvalue weighted by Gasteiger charge is -2.27. The van der Waals surface area contributed by atoms with Crippen LogP contribution in [0.2, 0.25) is 0 Å². The number of nitrogens with one attached hydrogen (secondary N) is 2. The zero-order chi connectivity index (χ0) is 36.2. The maximum atomic E-state index is 14.2. The average molecular weight is 735 g/mol. The van der Waals surface area contributed by atoms with Crippen molar-refractivity contribution >= 4 is 46.5 Å². The molecular formula is C39H50N4O8S. The number of hydrogen-bond acceptors (Lipinski definition) is 9. The van der Waals surface area contributed by atoms with Crippen molar-refractivity contribution in [3.8, 4) is 11.6 Å². The van der Waals surface area contributed by atoms with Crippen LogP contribution in [-0.2, 0) is 19.1 Å². The number of pyridine rings is 1. The molecule has 3 saturated carbocycles. The van der Waals surface area contributed by atoms with Gasteiger partial charge in [-0.3, -0.25) is 9.59 Å². The number of benzene rings is 1. The first-order valence-electron chi connectivity index (χ1n) is 19.1. The van der Waals surface area contributed by atoms with E-state index in [0.717, 1.165) is 72.4 Å². The average Bonchev–Trinajstić information content (AvgIpc) is 3.96. The zero-order valence-corrected chi connectivity index (χ0v) is 30.7. The third-order valence-corrected chi connectivity index (χ3v) is 12.3. The lowest BCUT2D eigenvalue weighted by atomic mass is 10.0. The predicted octanol–water partition coefficient (Wildman–Crippen LogP) is 6.00. The first-order chi connectivity index (χ1) is 25.2. The molecule has 3 amide bonds. The van der Waals surface area contributed by atoms with E-state index in [4.69, 9.17) is 19.2 Å². The molecule has 1 aromatic heterocycles. The minimum atomic E-state index is -1.41. The summed E-state index contributed by atoms with van der Waals surface area (Å²) in [5.41, 5.74) is -0.622. The van der Waals surface area contributed by atoms with Gasteiger partial charge in [0.05, 0.1) is 18.7 Å². The molecule has 52 heavy (non-hydrogen) atoms. The molecule has 5 atom stereocenters. The maximum Gasteiger partial charge on any atom is 0.407 e. The monoisotopic (exact) mass is 734 g/mol. The number of aliphatic carboxylic acids is 1. The standard InChI is InChI=1S/C39H50N4O8S/c1-2-49-33-20-31(29-14-9-15-32(35(29)41-33)52-23-24-16-17-24)50-28-19-30-36(45)42-39(37(46)47)21-25(39)10-5-3-4-6-11-26(18-34(44)43(30)22-28)40-38(48)51-27-12-7-8-13-27/h5,9-10,14-15,20,24-28,30H,2-4,6-8,11-13,16-19,21-23H2,1H3,(H,40,48)(H,42,45)(H,46,47)/b10-5-/t25-,26+,28-,30+,39-/m1/s1. The Kier molecular flexibility index (Phi) is 11.1. The van der Waals surface area contributed by atoms with Gasteiger partial charge < -0.3 is 34.9 Å². The van der Waals surface area contributed by atoms with Gasteiger partial charge in [-0.2, -0.15) is 0 Å². The van der Waals surface area contributed by atoms with Gasteiger partial charge in [0.2, 0.25) is 17.7 Å². The number of hydrogen-bond donors (Lipinski definition) is 3. The van der Waals surface area contributed by atoms with E-state index in [1.165, 1.54) is 17.7 Å². The summed E-state index contributed by atoms with van der Waals surface area (Å²) in [4.78, 5) is 61.0. The van der Waals surface area contributed by atoms with Gasteiger partial charge >= 0.3 is 12.1 Å². The number of carbonyl (C=O) groups is 4. The first-order valence-corrected chi connectivity index (χ1v) is 20.1. The summed E-state index contributed by atoms with van der Waals surface area (Å²) in [6, 6.07) is 6.32. The van der Waals surface area contributed by atoms with Gasteiger partial charge in [0, 0.05) is 46.9 Å². The molecule has 3 aliphatic carbocycles. The minimum Gasteiger partial charge on any atom is -0.488 e. The van der Waals surface area contributed by atoms with Gasteiger partial charge in [0.25, 0.3) is 0 Å². The smallest absolute Gasteiger partial charge is 0.407 e. The van der Waals surface area contributed by atoms with Gasteiger partial charge in [-0.15, -0.1) is 11.8 Å². The van der Waals surface area contributed by atoms with Gasteiger partial charge in [0.15, 0.2) is 0 Å². The second-order valence-corrected chi connectivity index (χ2v) is 16.0. The summed E-state index contributed by atoms with van der Waals surface area (Å²) >= 11 is 1.78. The molecule has 1 saturated heterocycles. The summed E-state index contributed by atoms with van der Waals surface area (Å²) in [5, 5.41) is 16.8. The van der Waals surface area contributed by atoms with Crippen molar-refractivity contribution in [3.05, 3.63) is 36.4 Å². The molecule has 13 heteroatoms. The Hall–Kier alpha value is -4.00. The highest BCUT2D eigenvalue weighted by atomic mass is 32.2. The summed E-state index contributed by atoms with van der Waals surface area (Å²) in [7, 11) is 0. The number of alkyl carbamates (subject to hydrolysis) is 1. The molecule has 0 radical (unpaired) electrons. The van der Waals surface area contributed by atoms with E-state index in [9.17, 15) is 24.3 Å². The minimum absolute atomic E-state index is 0.0208. The van der Waals surface area contributed by atoms with Gasteiger partial charge in [-0.25, -0.2) is 14.6 Å². The van der Waals surface area contributed by atoms with Gasteiger partial charge in [-0.05, 0) is 89.2 Å². The SMILES string of the molecule is CCOc1cc(O[C@@H]2C[C@H]3C(=O)N[C@]4(C(=O)O)C[C@H]4/C=C\CCCC[C@H](NC(=O)OC4CCCC4)CC(=O)N3C2)c2cccc(SCC3CC3)c2n1. The van der Waals surface area contributed by atoms with Crippen molar-refractivity contribution in [2.75, 3.05) is 18.9 Å². The third-order valence-electron chi connectivity index (χ3n) is 11.0. The van der Waals surface area contributed by atoms with E-state index in [1.54, 1.807) is 17.8 Å². The molecule has 1 aromatic carbocycles. The fourth-order valence-electron chi connectivity index (χ4n) is 7.77. The Labute approximate surface area is 308 Å². The fourth-order valence-corrected chi connectivity index (χ4v) is 8.99. The molecule has 280 valence electrons. The molecule has 3 N–H and O–H groups in total. The van der Waals surface area contributed by atoms with Crippen molar-refractivity contribution in [2.24, 2.45) is 11.8 Å². The van der Waals surface area contributed by atoms with Crippen LogP contribution in [0.15, 0.2) is 41.3 Å². The number of fused-ring (bicyclic) bond motifs is 3. The summed E-state index contributed by atoms with van der Waals surface area (Å²) in [6.45, 7) is 2.44. The number of amides is 3. The maximum absolute atomic E-state index is 14.2. The number of nitrogens with zero attached hydrogens (tertiary/aromatic N) is 2. The van der Waals surface area contributed by atoms with Crippen LogP contribution < -0.4 is 20.1 Å². The number of thioether (sulfide) groups is 1. The number of aromatic nitrogens is 1. The van der Waals surface area contributed by atoms with E-state index in [-0.39, 0.29) is 37.3 Å². The molecule has 0 spiro atoms. The normalized spacial score (nSPS) is 28.9. The molecule has 2 aromatic rings. The van der Waals surface area contributed by atoms with Crippen molar-refractivity contribution < 1.29 is 38.5 Å². The molecule has 0 bridgehead atoms. The quantitative estimate of drug-likeness (QED) is 0.196. The lowest BCUT2D eigenvalue weighted by molar-refractivity contribution is -0.145. The first kappa shape index (κ1) is 36.4. The van der Waals surface area contributed by atoms with Gasteiger partial charge in [0.1, 0.15) is 29.5 Å². The van der Waals surface area contributed by atoms with Crippen LogP contribution >= 0.6 is 11.8 Å². The molecule has 3 heterocycles. The van der Waals surface area contributed by atoms with Crippen molar-refractivity contribution in [1.29, 1.82) is 0 Å². The predicted molar refractivity (Wildman–Crippen MR) is 195 cm³/mol. The van der Waals surface area contributed by atoms with Crippen LogP contribution in [0.4, 0.5) is 4.79 Å². The van der Waals surface area contributed by atoms with Crippen LogP contribution in [-0.4, -0.2) is 87.6 Å². The van der Waals surface area contributed by atoms with E-state index in [2.05, 4.69) is 16.7 Å². The molecule has 12 nitrogen and oxygen atoms in total. The summed E-state index contributed by atoms with van der Waals surface area (Å²) in [6.07, 6.45) is 12.2. The largest absolute Gasteiger partial charge is 0.488 e. The van der Waals surface area contributed by atoms with Crippen LogP contribution in [0.3, 0.4) is 0 Å². The molecule has 4 fully saturated rings. The number of carboxylic acids is 1. The lowest BCUT2D eigenvalue weighted by Crippen LogP contribution is -2.53. The third kappa shape index (κ3) is 8.45. The molecule has 7 rings (SSSR count). The van der Waals surface area contributed by atoms with E-state index in [1.807, 2.05) is 31.2 Å². The Morgan fingerprint density at radius 2 is 1.90 bits per heavy atom.